The van der Waals surface area contributed by atoms with Crippen molar-refractivity contribution in [2.45, 2.75) is 50.9 Å². The number of carbonyl (C=O) groups is 1. The van der Waals surface area contributed by atoms with E-state index in [4.69, 9.17) is 0 Å². The number of nitrogens with one attached hydrogen (secondary N) is 1. The van der Waals surface area contributed by atoms with Crippen LogP contribution in [0.15, 0.2) is 0 Å². The molecule has 1 rings (SSSR count). The summed E-state index contributed by atoms with van der Waals surface area (Å²) in [7, 11) is 0. The first-order valence-electron chi connectivity index (χ1n) is 4.82. The van der Waals surface area contributed by atoms with Crippen molar-refractivity contribution in [1.82, 2.24) is 11.5 Å². The number of unbranched alkanes of at least 4 members (excludes halogenated alkanes) is 1. The van der Waals surface area contributed by atoms with Gasteiger partial charge in [-0.05, 0) is 19.3 Å². The van der Waals surface area contributed by atoms with Gasteiger partial charge in [-0.25, -0.2) is 0 Å². The molecule has 1 saturated carbocycles. The van der Waals surface area contributed by atoms with Crippen LogP contribution in [0.2, 0.25) is 0 Å². The number of carbonyl (C=O) groups excluding carboxylic acids is 1. The van der Waals surface area contributed by atoms with Crippen LogP contribution in [-0.4, -0.2) is 27.9 Å². The van der Waals surface area contributed by atoms with E-state index in [-0.39, 0.29) is 18.6 Å². The van der Waals surface area contributed by atoms with Crippen LogP contribution in [0.5, 0.6) is 0 Å². The summed E-state index contributed by atoms with van der Waals surface area (Å²) in [5, 5.41) is 21.2. The number of rotatable bonds is 5. The maximum absolute atomic E-state index is 11.2. The van der Waals surface area contributed by atoms with Gasteiger partial charge in [0.25, 0.3) is 5.91 Å². The highest BCUT2D eigenvalue weighted by atomic mass is 16.5. The van der Waals surface area contributed by atoms with Crippen LogP contribution < -0.4 is 11.5 Å². The molecule has 0 saturated heterocycles. The average Bonchev–Trinajstić information content (AvgIpc) is 2.84. The Morgan fingerprint density at radius 1 is 1.50 bits per heavy atom. The lowest BCUT2D eigenvalue weighted by Gasteiger charge is -2.20. The van der Waals surface area contributed by atoms with E-state index in [0.29, 0.717) is 6.42 Å². The summed E-state index contributed by atoms with van der Waals surface area (Å²) in [6, 6.07) is 0.174. The van der Waals surface area contributed by atoms with Crippen LogP contribution in [0.1, 0.15) is 39.0 Å². The molecule has 1 aliphatic carbocycles. The third kappa shape index (κ3) is 4.04. The number of aliphatic hydroxyl groups is 2. The van der Waals surface area contributed by atoms with Crippen LogP contribution in [0, 0.1) is 0 Å². The van der Waals surface area contributed by atoms with Crippen molar-refractivity contribution >= 4 is 5.91 Å². The van der Waals surface area contributed by atoms with Gasteiger partial charge in [0, 0.05) is 12.5 Å². The Morgan fingerprint density at radius 3 is 2.50 bits per heavy atom. The monoisotopic (exact) mass is 204 g/mol. The molecule has 0 aliphatic heterocycles. The van der Waals surface area contributed by atoms with Crippen LogP contribution in [0.4, 0.5) is 0 Å². The molecule has 0 unspecified atom stereocenters. The second kappa shape index (κ2) is 5.29. The summed E-state index contributed by atoms with van der Waals surface area (Å²) in [6.07, 6.45) is 3.51. The second-order valence-electron chi connectivity index (χ2n) is 3.67. The van der Waals surface area contributed by atoms with Crippen molar-refractivity contribution in [3.8, 4) is 0 Å². The zero-order valence-corrected chi connectivity index (χ0v) is 8.62. The quantitative estimate of drug-likeness (QED) is 0.483. The minimum Gasteiger partial charge on any atom is -0.358 e. The standard InChI is InChI=1S/C9H17NO3.H3N/c1-2-3-6-9(12,13)8(11)10-7-4-5-7;/h7,12-13H,2-6H2,1H3,(H,10,11);1H3. The van der Waals surface area contributed by atoms with E-state index in [0.717, 1.165) is 19.3 Å². The molecule has 1 amide bonds. The van der Waals surface area contributed by atoms with Gasteiger partial charge in [0.1, 0.15) is 0 Å². The first-order valence-corrected chi connectivity index (χ1v) is 4.82. The molecule has 5 nitrogen and oxygen atoms in total. The lowest BCUT2D eigenvalue weighted by Crippen LogP contribution is -2.47. The fourth-order valence-electron chi connectivity index (χ4n) is 1.07. The van der Waals surface area contributed by atoms with Crippen molar-refractivity contribution in [3.63, 3.8) is 0 Å². The van der Waals surface area contributed by atoms with Gasteiger partial charge in [-0.15, -0.1) is 0 Å². The predicted molar refractivity (Wildman–Crippen MR) is 52.9 cm³/mol. The third-order valence-electron chi connectivity index (χ3n) is 2.16. The first-order chi connectivity index (χ1) is 6.06. The number of amides is 1. The molecule has 5 heteroatoms. The summed E-state index contributed by atoms with van der Waals surface area (Å²) < 4.78 is 0. The second-order valence-corrected chi connectivity index (χ2v) is 3.67. The van der Waals surface area contributed by atoms with E-state index >= 15 is 0 Å². The molecule has 0 radical (unpaired) electrons. The molecular formula is C9H20N2O3. The van der Waals surface area contributed by atoms with Gasteiger partial charge in [0.15, 0.2) is 0 Å². The molecule has 1 aliphatic rings. The van der Waals surface area contributed by atoms with Gasteiger partial charge in [0.2, 0.25) is 5.79 Å². The Hall–Kier alpha value is -0.650. The molecule has 6 N–H and O–H groups in total. The topological polar surface area (TPSA) is 105 Å². The Balaban J connectivity index is 0.00000169. The molecular weight excluding hydrogens is 184 g/mol. The molecule has 0 aromatic heterocycles. The highest BCUT2D eigenvalue weighted by Crippen LogP contribution is 2.20. The van der Waals surface area contributed by atoms with E-state index in [9.17, 15) is 15.0 Å². The third-order valence-corrected chi connectivity index (χ3v) is 2.16. The summed E-state index contributed by atoms with van der Waals surface area (Å²) in [6.45, 7) is 1.94. The number of hydrogen-bond acceptors (Lipinski definition) is 4. The largest absolute Gasteiger partial charge is 0.358 e. The minimum absolute atomic E-state index is 0. The summed E-state index contributed by atoms with van der Waals surface area (Å²) >= 11 is 0. The fraction of sp³-hybridized carbons (Fsp3) is 0.889. The van der Waals surface area contributed by atoms with Crippen molar-refractivity contribution in [1.29, 1.82) is 0 Å². The lowest BCUT2D eigenvalue weighted by molar-refractivity contribution is -0.187. The predicted octanol–water partition coefficient (Wildman–Crippen LogP) is 0.298. The van der Waals surface area contributed by atoms with Crippen molar-refractivity contribution in [3.05, 3.63) is 0 Å². The SMILES string of the molecule is CCCCC(O)(O)C(=O)NC1CC1.N. The van der Waals surface area contributed by atoms with Crippen molar-refractivity contribution in [2.75, 3.05) is 0 Å². The van der Waals surface area contributed by atoms with Gasteiger partial charge >= 0.3 is 0 Å². The zero-order valence-electron chi connectivity index (χ0n) is 8.62. The van der Waals surface area contributed by atoms with Gasteiger partial charge in [-0.1, -0.05) is 13.3 Å². The molecule has 0 bridgehead atoms. The molecule has 1 fully saturated rings. The number of hydrogen-bond donors (Lipinski definition) is 4. The minimum atomic E-state index is -2.17. The van der Waals surface area contributed by atoms with Crippen LogP contribution in [-0.2, 0) is 4.79 Å². The maximum Gasteiger partial charge on any atom is 0.280 e. The highest BCUT2D eigenvalue weighted by Gasteiger charge is 2.35. The summed E-state index contributed by atoms with van der Waals surface area (Å²) in [5.41, 5.74) is 0. The average molecular weight is 204 g/mol. The van der Waals surface area contributed by atoms with E-state index in [2.05, 4.69) is 5.32 Å². The Morgan fingerprint density at radius 2 is 2.07 bits per heavy atom. The van der Waals surface area contributed by atoms with Gasteiger partial charge in [0.05, 0.1) is 0 Å². The first kappa shape index (κ1) is 13.4. The molecule has 0 heterocycles. The molecule has 0 aromatic carbocycles. The summed E-state index contributed by atoms with van der Waals surface area (Å²) in [4.78, 5) is 11.2. The Kier molecular flexibility index (Phi) is 5.04. The highest BCUT2D eigenvalue weighted by molar-refractivity contribution is 5.83. The zero-order chi connectivity index (χ0) is 9.90. The van der Waals surface area contributed by atoms with Crippen LogP contribution >= 0.6 is 0 Å². The van der Waals surface area contributed by atoms with E-state index in [1.165, 1.54) is 0 Å². The molecule has 84 valence electrons. The lowest BCUT2D eigenvalue weighted by atomic mass is 10.1. The Labute approximate surface area is 84.1 Å². The van der Waals surface area contributed by atoms with Gasteiger partial charge in [-0.3, -0.25) is 4.79 Å². The van der Waals surface area contributed by atoms with E-state index < -0.39 is 11.7 Å². The maximum atomic E-state index is 11.2. The van der Waals surface area contributed by atoms with E-state index in [1.807, 2.05) is 6.92 Å². The molecule has 0 spiro atoms. The van der Waals surface area contributed by atoms with E-state index in [1.54, 1.807) is 0 Å². The normalized spacial score (nSPS) is 15.9. The molecule has 0 atom stereocenters. The van der Waals surface area contributed by atoms with Crippen molar-refractivity contribution < 1.29 is 15.0 Å². The smallest absolute Gasteiger partial charge is 0.280 e. The fourth-order valence-corrected chi connectivity index (χ4v) is 1.07. The van der Waals surface area contributed by atoms with Gasteiger partial charge in [-0.2, -0.15) is 0 Å². The van der Waals surface area contributed by atoms with Crippen LogP contribution in [0.3, 0.4) is 0 Å². The molecule has 0 aromatic rings. The summed E-state index contributed by atoms with van der Waals surface area (Å²) in [5.74, 6) is -2.82. The van der Waals surface area contributed by atoms with Crippen molar-refractivity contribution in [2.24, 2.45) is 0 Å². The van der Waals surface area contributed by atoms with Crippen LogP contribution in [0.25, 0.3) is 0 Å². The van der Waals surface area contributed by atoms with Gasteiger partial charge < -0.3 is 21.7 Å². The molecule has 14 heavy (non-hydrogen) atoms. The Bertz CT molecular complexity index is 190.